The number of halogens is 2. The molecule has 0 fully saturated rings. The molecule has 4 N–H and O–H groups in total. The lowest BCUT2D eigenvalue weighted by Crippen LogP contribution is -2.05. The number of hydrogen-bond acceptors (Lipinski definition) is 4. The number of anilines is 2. The highest BCUT2D eigenvalue weighted by molar-refractivity contribution is 5.54. The first-order valence-electron chi connectivity index (χ1n) is 3.76. The minimum absolute atomic E-state index is 0.0421. The SMILES string of the molecule is N#CCc1nc(N)c(C(F)F)cc1N. The normalized spacial score (nSPS) is 10.1. The van der Waals surface area contributed by atoms with Crippen molar-refractivity contribution in [3.05, 3.63) is 17.3 Å². The van der Waals surface area contributed by atoms with Gasteiger partial charge in [0.2, 0.25) is 0 Å². The largest absolute Gasteiger partial charge is 0.397 e. The maximum Gasteiger partial charge on any atom is 0.267 e. The highest BCUT2D eigenvalue weighted by atomic mass is 19.3. The van der Waals surface area contributed by atoms with E-state index in [2.05, 4.69) is 4.98 Å². The molecule has 4 nitrogen and oxygen atoms in total. The number of hydrogen-bond donors (Lipinski definition) is 2. The van der Waals surface area contributed by atoms with E-state index in [4.69, 9.17) is 16.7 Å². The molecule has 0 saturated heterocycles. The second kappa shape index (κ2) is 3.87. The zero-order valence-corrected chi connectivity index (χ0v) is 7.17. The van der Waals surface area contributed by atoms with Gasteiger partial charge < -0.3 is 11.5 Å². The summed E-state index contributed by atoms with van der Waals surface area (Å²) in [5, 5.41) is 8.38. The summed E-state index contributed by atoms with van der Waals surface area (Å²) in [7, 11) is 0. The molecular weight excluding hydrogens is 190 g/mol. The van der Waals surface area contributed by atoms with Crippen molar-refractivity contribution in [2.24, 2.45) is 0 Å². The quantitative estimate of drug-likeness (QED) is 0.748. The molecule has 0 amide bonds. The Morgan fingerprint density at radius 2 is 2.14 bits per heavy atom. The lowest BCUT2D eigenvalue weighted by molar-refractivity contribution is 0.152. The fraction of sp³-hybridized carbons (Fsp3) is 0.250. The molecular formula is C8H8F2N4. The molecule has 0 unspecified atom stereocenters. The molecule has 0 aromatic carbocycles. The Bertz CT molecular complexity index is 384. The number of aromatic nitrogens is 1. The van der Waals surface area contributed by atoms with Gasteiger partial charge in [-0.15, -0.1) is 0 Å². The van der Waals surface area contributed by atoms with Gasteiger partial charge in [0.05, 0.1) is 29.4 Å². The molecule has 0 spiro atoms. The molecule has 6 heteroatoms. The van der Waals surface area contributed by atoms with Gasteiger partial charge in [0.1, 0.15) is 5.82 Å². The molecule has 14 heavy (non-hydrogen) atoms. The van der Waals surface area contributed by atoms with E-state index in [-0.39, 0.29) is 23.6 Å². The average Bonchev–Trinajstić information content (AvgIpc) is 2.10. The Hall–Kier alpha value is -1.90. The first-order valence-corrected chi connectivity index (χ1v) is 3.76. The van der Waals surface area contributed by atoms with Crippen molar-refractivity contribution in [1.82, 2.24) is 4.98 Å². The van der Waals surface area contributed by atoms with Crippen LogP contribution >= 0.6 is 0 Å². The van der Waals surface area contributed by atoms with Crippen molar-refractivity contribution >= 4 is 11.5 Å². The van der Waals surface area contributed by atoms with Gasteiger partial charge in [-0.1, -0.05) is 0 Å². The van der Waals surface area contributed by atoms with Crippen LogP contribution in [0.2, 0.25) is 0 Å². The van der Waals surface area contributed by atoms with Crippen LogP contribution in [0.5, 0.6) is 0 Å². The third kappa shape index (κ3) is 1.88. The number of alkyl halides is 2. The predicted molar refractivity (Wildman–Crippen MR) is 47.3 cm³/mol. The van der Waals surface area contributed by atoms with E-state index in [9.17, 15) is 8.78 Å². The fourth-order valence-electron chi connectivity index (χ4n) is 0.991. The van der Waals surface area contributed by atoms with Crippen molar-refractivity contribution in [2.45, 2.75) is 12.8 Å². The molecule has 1 rings (SSSR count). The number of nitrogens with zero attached hydrogens (tertiary/aromatic N) is 2. The Morgan fingerprint density at radius 3 is 2.64 bits per heavy atom. The van der Waals surface area contributed by atoms with E-state index in [1.807, 2.05) is 6.07 Å². The topological polar surface area (TPSA) is 88.7 Å². The van der Waals surface area contributed by atoms with Crippen molar-refractivity contribution in [3.8, 4) is 6.07 Å². The number of rotatable bonds is 2. The van der Waals surface area contributed by atoms with Crippen LogP contribution in [0.4, 0.5) is 20.3 Å². The minimum atomic E-state index is -2.71. The molecule has 0 aliphatic rings. The van der Waals surface area contributed by atoms with Crippen LogP contribution in [0, 0.1) is 11.3 Å². The van der Waals surface area contributed by atoms with Crippen LogP contribution in [0.15, 0.2) is 6.07 Å². The van der Waals surface area contributed by atoms with Gasteiger partial charge in [0.25, 0.3) is 6.43 Å². The molecule has 1 heterocycles. The zero-order valence-electron chi connectivity index (χ0n) is 7.17. The minimum Gasteiger partial charge on any atom is -0.397 e. The molecule has 74 valence electrons. The molecule has 0 aliphatic heterocycles. The van der Waals surface area contributed by atoms with Crippen molar-refractivity contribution in [2.75, 3.05) is 11.5 Å². The summed E-state index contributed by atoms with van der Waals surface area (Å²) >= 11 is 0. The van der Waals surface area contributed by atoms with E-state index in [1.54, 1.807) is 0 Å². The standard InChI is InChI=1S/C8H8F2N4/c9-7(10)4-3-5(12)6(1-2-11)14-8(4)13/h3,7H,1,12H2,(H2,13,14). The molecule has 0 saturated carbocycles. The first kappa shape index (κ1) is 10.2. The first-order chi connectivity index (χ1) is 6.56. The molecule has 0 bridgehead atoms. The van der Waals surface area contributed by atoms with Crippen LogP contribution in [0.3, 0.4) is 0 Å². The number of nitrogens with two attached hydrogens (primary N) is 2. The van der Waals surface area contributed by atoms with Gasteiger partial charge in [-0.05, 0) is 6.07 Å². The van der Waals surface area contributed by atoms with Gasteiger partial charge in [-0.2, -0.15) is 5.26 Å². The average molecular weight is 198 g/mol. The summed E-state index contributed by atoms with van der Waals surface area (Å²) in [6, 6.07) is 2.87. The summed E-state index contributed by atoms with van der Waals surface area (Å²) < 4.78 is 24.6. The van der Waals surface area contributed by atoms with Crippen molar-refractivity contribution in [1.29, 1.82) is 5.26 Å². The van der Waals surface area contributed by atoms with E-state index in [0.717, 1.165) is 6.07 Å². The van der Waals surface area contributed by atoms with Crippen LogP contribution in [0.25, 0.3) is 0 Å². The fourth-order valence-corrected chi connectivity index (χ4v) is 0.991. The van der Waals surface area contributed by atoms with E-state index < -0.39 is 12.0 Å². The van der Waals surface area contributed by atoms with Gasteiger partial charge in [0, 0.05) is 0 Å². The van der Waals surface area contributed by atoms with Crippen molar-refractivity contribution in [3.63, 3.8) is 0 Å². The number of nitrogen functional groups attached to an aromatic ring is 2. The van der Waals surface area contributed by atoms with E-state index in [0.29, 0.717) is 0 Å². The number of nitriles is 1. The molecule has 0 aliphatic carbocycles. The lowest BCUT2D eigenvalue weighted by atomic mass is 10.2. The van der Waals surface area contributed by atoms with Crippen LogP contribution in [-0.2, 0) is 6.42 Å². The maximum atomic E-state index is 12.3. The highest BCUT2D eigenvalue weighted by Gasteiger charge is 2.15. The molecule has 0 radical (unpaired) electrons. The summed E-state index contributed by atoms with van der Waals surface area (Å²) in [5.41, 5.74) is 10.6. The van der Waals surface area contributed by atoms with Gasteiger partial charge >= 0.3 is 0 Å². The van der Waals surface area contributed by atoms with Crippen LogP contribution in [0.1, 0.15) is 17.7 Å². The molecule has 1 aromatic rings. The van der Waals surface area contributed by atoms with E-state index in [1.165, 1.54) is 0 Å². The smallest absolute Gasteiger partial charge is 0.267 e. The van der Waals surface area contributed by atoms with Crippen molar-refractivity contribution < 1.29 is 8.78 Å². The summed E-state index contributed by atoms with van der Waals surface area (Å²) in [4.78, 5) is 3.63. The molecule has 0 atom stereocenters. The van der Waals surface area contributed by atoms with Gasteiger partial charge in [-0.25, -0.2) is 13.8 Å². The van der Waals surface area contributed by atoms with Crippen LogP contribution < -0.4 is 11.5 Å². The Morgan fingerprint density at radius 1 is 1.50 bits per heavy atom. The highest BCUT2D eigenvalue weighted by Crippen LogP contribution is 2.26. The Labute approximate surface area is 79.1 Å². The Kier molecular flexibility index (Phi) is 2.82. The summed E-state index contributed by atoms with van der Waals surface area (Å²) in [6.07, 6.45) is -2.75. The third-order valence-electron chi connectivity index (χ3n) is 1.68. The third-order valence-corrected chi connectivity index (χ3v) is 1.68. The second-order valence-electron chi connectivity index (χ2n) is 2.63. The van der Waals surface area contributed by atoms with Gasteiger partial charge in [0.15, 0.2) is 0 Å². The van der Waals surface area contributed by atoms with Gasteiger partial charge in [-0.3, -0.25) is 0 Å². The lowest BCUT2D eigenvalue weighted by Gasteiger charge is -2.07. The zero-order chi connectivity index (χ0) is 10.7. The monoisotopic (exact) mass is 198 g/mol. The molecule has 1 aromatic heterocycles. The van der Waals surface area contributed by atoms with E-state index >= 15 is 0 Å². The maximum absolute atomic E-state index is 12.3. The number of pyridine rings is 1. The summed E-state index contributed by atoms with van der Waals surface area (Å²) in [6.45, 7) is 0. The second-order valence-corrected chi connectivity index (χ2v) is 2.63. The summed E-state index contributed by atoms with van der Waals surface area (Å²) in [5.74, 6) is -0.278. The Balaban J connectivity index is 3.18. The van der Waals surface area contributed by atoms with Crippen LogP contribution in [-0.4, -0.2) is 4.98 Å². The predicted octanol–water partition coefficient (Wildman–Crippen LogP) is 1.25.